The highest BCUT2D eigenvalue weighted by Gasteiger charge is 2.52. The summed E-state index contributed by atoms with van der Waals surface area (Å²) in [5.74, 6) is -3.82. The minimum absolute atomic E-state index is 0.0391. The van der Waals surface area contributed by atoms with Crippen LogP contribution in [0.1, 0.15) is 94.4 Å². The number of esters is 1. The maximum absolute atomic E-state index is 14.5. The summed E-state index contributed by atoms with van der Waals surface area (Å²) in [6, 6.07) is 8.30. The van der Waals surface area contributed by atoms with Gasteiger partial charge in [0.25, 0.3) is 0 Å². The molecule has 0 radical (unpaired) electrons. The number of unbranched alkanes of at least 4 members (excludes halogenated alkanes) is 1. The number of sulfonamides is 1. The minimum Gasteiger partial charge on any atom is -0.458 e. The number of cyclic esters (lactones) is 1. The number of hydrogen-bond donors (Lipinski definition) is 5. The molecule has 3 aliphatic heterocycles. The van der Waals surface area contributed by atoms with Gasteiger partial charge in [0.05, 0.1) is 30.0 Å². The molecule has 3 aliphatic rings. The van der Waals surface area contributed by atoms with Gasteiger partial charge >= 0.3 is 18.2 Å². The van der Waals surface area contributed by atoms with Gasteiger partial charge in [0.2, 0.25) is 10.0 Å². The fourth-order valence-electron chi connectivity index (χ4n) is 9.74. The third kappa shape index (κ3) is 14.6. The molecule has 6 rings (SSSR count). The largest absolute Gasteiger partial charge is 0.458 e. The van der Waals surface area contributed by atoms with Crippen molar-refractivity contribution < 1.29 is 61.1 Å². The molecule has 0 saturated carbocycles. The van der Waals surface area contributed by atoms with Gasteiger partial charge in [0.1, 0.15) is 34.3 Å². The molecule has 0 bridgehead atoms. The number of ketones is 1. The Bertz CT molecular complexity index is 2460. The molecule has 13 atom stereocenters. The Balaban J connectivity index is 1.15. The number of nitrogens with one attached hydrogen (secondary N) is 3. The van der Waals surface area contributed by atoms with Gasteiger partial charge in [-0.1, -0.05) is 38.1 Å². The summed E-state index contributed by atoms with van der Waals surface area (Å²) < 4.78 is 66.8. The number of nitrogens with zero attached hydrogens (tertiary/aromatic N) is 5. The number of methoxy groups -OCH3 is 1. The predicted octanol–water partition coefficient (Wildman–Crippen LogP) is 4.41. The van der Waals surface area contributed by atoms with Crippen molar-refractivity contribution in [3.8, 4) is 11.3 Å². The highest BCUT2D eigenvalue weighted by molar-refractivity contribution is 7.89. The lowest BCUT2D eigenvalue weighted by molar-refractivity contribution is -0.289. The molecule has 2 unspecified atom stereocenters. The molecule has 73 heavy (non-hydrogen) atoms. The van der Waals surface area contributed by atoms with Gasteiger partial charge in [-0.05, 0) is 110 Å². The summed E-state index contributed by atoms with van der Waals surface area (Å²) in [4.78, 5) is 60.2. The molecule has 3 aromatic rings. The number of aryl methyl sites for hydroxylation is 1. The Morgan fingerprint density at radius 1 is 1.07 bits per heavy atom. The molecule has 1 aromatic carbocycles. The van der Waals surface area contributed by atoms with E-state index in [0.717, 1.165) is 5.56 Å². The van der Waals surface area contributed by atoms with Crippen molar-refractivity contribution in [1.29, 1.82) is 0 Å². The molecule has 6 N–H and O–H groups in total. The minimum atomic E-state index is -3.96. The smallest absolute Gasteiger partial charge is 0.412 e. The van der Waals surface area contributed by atoms with Crippen molar-refractivity contribution in [3.63, 3.8) is 0 Å². The fourth-order valence-corrected chi connectivity index (χ4v) is 10.8. The van der Waals surface area contributed by atoms with Crippen LogP contribution in [0.15, 0.2) is 59.9 Å². The van der Waals surface area contributed by atoms with Crippen LogP contribution < -0.4 is 21.1 Å². The average Bonchev–Trinajstić information content (AvgIpc) is 3.96. The summed E-state index contributed by atoms with van der Waals surface area (Å²) >= 11 is 0. The molecule has 0 spiro atoms. The second kappa shape index (κ2) is 24.5. The molecule has 3 saturated heterocycles. The molecule has 2 aromatic heterocycles. The van der Waals surface area contributed by atoms with Crippen molar-refractivity contribution in [2.75, 3.05) is 32.1 Å². The Hall–Kier alpha value is -5.14. The number of hydrogen-bond acceptors (Lipinski definition) is 18. The Morgan fingerprint density at radius 2 is 1.81 bits per heavy atom. The third-order valence-electron chi connectivity index (χ3n) is 13.7. The van der Waals surface area contributed by atoms with Gasteiger partial charge in [-0.2, -0.15) is 0 Å². The zero-order chi connectivity index (χ0) is 53.4. The van der Waals surface area contributed by atoms with Gasteiger partial charge in [-0.15, -0.1) is 5.10 Å². The van der Waals surface area contributed by atoms with E-state index in [1.807, 2.05) is 33.0 Å². The number of fused-ring (bicyclic) bond motifs is 1. The standard InChI is InChI=1S/C50H75N9O13S/c1-11-39-43-40(59(48(64)70-43)21-13-12-20-58-28-38(56-57-58)33-16-14-17-34(22-33)55-47(63)72-49(6,7)8)32(5)53-25-29(2)24-50(9,67-10)44(30(3)41(60)31(4)45(62)69-39)71-46-42(61)37(51)23-35(68-46)26-54-73(65,66)36-18-15-19-52-27-36/h14-19,22,27-32,35,37,39-40,42-44,46,53-54,61H,11-13,20-21,23-26,51H2,1-10H3,(H,55,63)/t29-,30+,31-,32-,35+,37?,39-,40-,42?,43-,44-,46+,50-/m1/s1. The number of aliphatic hydroxyl groups is 1. The van der Waals surface area contributed by atoms with Gasteiger partial charge in [0.15, 0.2) is 18.2 Å². The van der Waals surface area contributed by atoms with Gasteiger partial charge in [0, 0.05) is 68.4 Å². The zero-order valence-corrected chi connectivity index (χ0v) is 44.4. The number of aliphatic hydroxyl groups excluding tert-OH is 1. The van der Waals surface area contributed by atoms with Crippen LogP contribution in [0.2, 0.25) is 0 Å². The molecule has 22 nitrogen and oxygen atoms in total. The molecule has 23 heteroatoms. The number of carbonyl (C=O) groups excluding carboxylic acids is 4. The molecule has 0 aliphatic carbocycles. The van der Waals surface area contributed by atoms with Gasteiger partial charge in [-0.25, -0.2) is 22.7 Å². The van der Waals surface area contributed by atoms with Crippen molar-refractivity contribution in [2.24, 2.45) is 23.5 Å². The van der Waals surface area contributed by atoms with Crippen LogP contribution >= 0.6 is 0 Å². The highest BCUT2D eigenvalue weighted by atomic mass is 32.2. The van der Waals surface area contributed by atoms with Gasteiger partial charge in [-0.3, -0.25) is 29.5 Å². The molecular weight excluding hydrogens is 967 g/mol. The lowest BCUT2D eigenvalue weighted by Crippen LogP contribution is -2.59. The predicted molar refractivity (Wildman–Crippen MR) is 267 cm³/mol. The Kier molecular flexibility index (Phi) is 19.2. The van der Waals surface area contributed by atoms with Crippen molar-refractivity contribution in [2.45, 2.75) is 172 Å². The highest BCUT2D eigenvalue weighted by Crippen LogP contribution is 2.37. The normalized spacial score (nSPS) is 30.9. The van der Waals surface area contributed by atoms with Crippen molar-refractivity contribution >= 4 is 39.6 Å². The Labute approximate surface area is 428 Å². The second-order valence-electron chi connectivity index (χ2n) is 20.7. The fraction of sp³-hybridized carbons (Fsp3) is 0.660. The number of aromatic nitrogens is 4. The molecule has 5 heterocycles. The van der Waals surface area contributed by atoms with Crippen molar-refractivity contribution in [3.05, 3.63) is 55.0 Å². The number of rotatable bonds is 15. The third-order valence-corrected chi connectivity index (χ3v) is 15.1. The lowest BCUT2D eigenvalue weighted by atomic mass is 9.78. The van der Waals surface area contributed by atoms with E-state index in [2.05, 4.69) is 30.7 Å². The maximum Gasteiger partial charge on any atom is 0.412 e. The summed E-state index contributed by atoms with van der Waals surface area (Å²) in [6.07, 6.45) is -1.21. The first-order chi connectivity index (χ1) is 34.4. The number of amides is 2. The number of benzene rings is 1. The van der Waals surface area contributed by atoms with Crippen LogP contribution in [0.3, 0.4) is 0 Å². The molecule has 3 fully saturated rings. The summed E-state index contributed by atoms with van der Waals surface area (Å²) in [7, 11) is -2.47. The Morgan fingerprint density at radius 3 is 2.49 bits per heavy atom. The van der Waals surface area contributed by atoms with E-state index in [0.29, 0.717) is 50.3 Å². The van der Waals surface area contributed by atoms with Crippen LogP contribution in [0.4, 0.5) is 15.3 Å². The van der Waals surface area contributed by atoms with Crippen LogP contribution in [0.5, 0.6) is 0 Å². The average molecular weight is 1040 g/mol. The summed E-state index contributed by atoms with van der Waals surface area (Å²) in [5, 5.41) is 26.4. The van der Waals surface area contributed by atoms with E-state index in [4.69, 9.17) is 34.2 Å². The van der Waals surface area contributed by atoms with E-state index in [-0.39, 0.29) is 36.2 Å². The van der Waals surface area contributed by atoms with Crippen LogP contribution in [-0.4, -0.2) is 155 Å². The number of carbonyl (C=O) groups is 4. The number of pyridine rings is 1. The van der Waals surface area contributed by atoms with E-state index in [9.17, 15) is 32.7 Å². The van der Waals surface area contributed by atoms with E-state index in [1.165, 1.54) is 38.6 Å². The lowest BCUT2D eigenvalue weighted by Gasteiger charge is -2.45. The van der Waals surface area contributed by atoms with Crippen LogP contribution in [0, 0.1) is 17.8 Å². The summed E-state index contributed by atoms with van der Waals surface area (Å²) in [5.41, 5.74) is 6.44. The first kappa shape index (κ1) is 57.1. The maximum atomic E-state index is 14.5. The second-order valence-corrected chi connectivity index (χ2v) is 22.5. The summed E-state index contributed by atoms with van der Waals surface area (Å²) in [6.45, 7) is 17.1. The SMILES string of the molecule is CC[C@H]1OC(=O)[C@H](C)C(=O)[C@H](C)[C@@H](O[C@@H]2O[C@H](CNS(=O)(=O)c3cccnc3)CC(N)C2O)[C@](C)(OC)C[C@@H](C)CN[C@H](C)[C@@H]2[C@@H]1OC(=O)N2CCCCn1cc(-c2cccc(NC(=O)OC(C)(C)C)c2)nn1. The van der Waals surface area contributed by atoms with E-state index >= 15 is 0 Å². The van der Waals surface area contributed by atoms with Crippen LogP contribution in [0.25, 0.3) is 11.3 Å². The molecule has 2 amide bonds. The number of ether oxygens (including phenoxy) is 6. The topological polar surface area (TPSA) is 287 Å². The van der Waals surface area contributed by atoms with Crippen molar-refractivity contribution in [1.82, 2.24) is 34.9 Å². The monoisotopic (exact) mass is 1040 g/mol. The first-order valence-electron chi connectivity index (χ1n) is 25.1. The number of Topliss-reactive ketones (excluding diaryl/α,β-unsaturated/α-hetero) is 1. The van der Waals surface area contributed by atoms with Gasteiger partial charge < -0.3 is 44.6 Å². The zero-order valence-electron chi connectivity index (χ0n) is 43.6. The first-order valence-corrected chi connectivity index (χ1v) is 26.6. The molecular formula is C50H75N9O13S. The van der Waals surface area contributed by atoms with E-state index < -0.39 is 106 Å². The quantitative estimate of drug-likeness (QED) is 0.0610. The molecule has 404 valence electrons. The van der Waals surface area contributed by atoms with E-state index in [1.54, 1.807) is 62.4 Å². The number of anilines is 1. The number of nitrogens with two attached hydrogens (primary N) is 1. The van der Waals surface area contributed by atoms with Crippen LogP contribution in [-0.2, 0) is 54.6 Å².